The first kappa shape index (κ1) is 23.7. The molecule has 0 bridgehead atoms. The molecule has 1 saturated heterocycles. The van der Waals surface area contributed by atoms with Crippen LogP contribution in [0.25, 0.3) is 0 Å². The van der Waals surface area contributed by atoms with E-state index in [2.05, 4.69) is 15.0 Å². The van der Waals surface area contributed by atoms with Gasteiger partial charge in [0.2, 0.25) is 15.9 Å². The van der Waals surface area contributed by atoms with Gasteiger partial charge in [-0.05, 0) is 37.0 Å². The molecule has 0 radical (unpaired) electrons. The van der Waals surface area contributed by atoms with E-state index in [9.17, 15) is 13.2 Å². The van der Waals surface area contributed by atoms with E-state index in [-0.39, 0.29) is 18.2 Å². The number of hydrogen-bond acceptors (Lipinski definition) is 7. The number of carbonyl (C=O) groups is 1. The molecular formula is C22H31N5O5S. The Morgan fingerprint density at radius 3 is 2.79 bits per heavy atom. The Balaban J connectivity index is 1.31. The Hall–Kier alpha value is -2.50. The van der Waals surface area contributed by atoms with Gasteiger partial charge in [0, 0.05) is 13.0 Å². The maximum Gasteiger partial charge on any atom is 0.223 e. The second kappa shape index (κ2) is 9.78. The van der Waals surface area contributed by atoms with Crippen molar-refractivity contribution in [3.05, 3.63) is 41.2 Å². The van der Waals surface area contributed by atoms with Crippen LogP contribution in [0.15, 0.2) is 24.3 Å². The summed E-state index contributed by atoms with van der Waals surface area (Å²) in [6, 6.07) is 7.76. The number of nitrogens with one attached hydrogen (secondary N) is 1. The van der Waals surface area contributed by atoms with Crippen molar-refractivity contribution in [1.29, 1.82) is 0 Å². The summed E-state index contributed by atoms with van der Waals surface area (Å²) in [4.78, 5) is 14.7. The predicted molar refractivity (Wildman–Crippen MR) is 121 cm³/mol. The molecule has 1 aromatic carbocycles. The number of rotatable bonds is 9. The van der Waals surface area contributed by atoms with Gasteiger partial charge >= 0.3 is 0 Å². The van der Waals surface area contributed by atoms with Gasteiger partial charge in [0.05, 0.1) is 44.8 Å². The maximum atomic E-state index is 12.8. The summed E-state index contributed by atoms with van der Waals surface area (Å²) in [6.45, 7) is 3.89. The minimum absolute atomic E-state index is 0.0818. The van der Waals surface area contributed by atoms with Crippen LogP contribution in [0.4, 0.5) is 0 Å². The zero-order chi connectivity index (χ0) is 23.5. The van der Waals surface area contributed by atoms with Crippen molar-refractivity contribution in [3.8, 4) is 5.75 Å². The van der Waals surface area contributed by atoms with Gasteiger partial charge in [-0.25, -0.2) is 17.8 Å². The number of aromatic nitrogens is 3. The van der Waals surface area contributed by atoms with Gasteiger partial charge in [-0.1, -0.05) is 24.3 Å². The number of methoxy groups -OCH3 is 1. The van der Waals surface area contributed by atoms with Crippen LogP contribution in [0.1, 0.15) is 43.1 Å². The summed E-state index contributed by atoms with van der Waals surface area (Å²) in [5.41, 5.74) is 1.98. The highest BCUT2D eigenvalue weighted by Gasteiger charge is 2.44. The SMILES string of the molecule is CCCS(=O)(=O)NCc1nnn2c1COC1(CCN(C(=O)CCc3ccc(OC)cc3)C1)C2. The summed E-state index contributed by atoms with van der Waals surface area (Å²) in [7, 11) is -1.69. The van der Waals surface area contributed by atoms with E-state index < -0.39 is 15.6 Å². The van der Waals surface area contributed by atoms with Gasteiger partial charge in [-0.15, -0.1) is 5.10 Å². The van der Waals surface area contributed by atoms with Crippen molar-refractivity contribution in [2.75, 3.05) is 26.0 Å². The Morgan fingerprint density at radius 2 is 2.06 bits per heavy atom. The Kier molecular flexibility index (Phi) is 7.01. The zero-order valence-corrected chi connectivity index (χ0v) is 19.9. The molecule has 1 spiro atoms. The van der Waals surface area contributed by atoms with Crippen molar-refractivity contribution >= 4 is 15.9 Å². The fraction of sp³-hybridized carbons (Fsp3) is 0.591. The van der Waals surface area contributed by atoms with Crippen LogP contribution >= 0.6 is 0 Å². The zero-order valence-electron chi connectivity index (χ0n) is 19.1. The molecule has 180 valence electrons. The predicted octanol–water partition coefficient (Wildman–Crippen LogP) is 1.25. The average molecular weight is 478 g/mol. The number of benzene rings is 1. The Bertz CT molecular complexity index is 1090. The third-order valence-electron chi connectivity index (χ3n) is 6.26. The summed E-state index contributed by atoms with van der Waals surface area (Å²) in [5, 5.41) is 8.38. The third kappa shape index (κ3) is 5.53. The molecule has 2 aliphatic rings. The van der Waals surface area contributed by atoms with E-state index in [1.165, 1.54) is 0 Å². The van der Waals surface area contributed by atoms with Crippen LogP contribution < -0.4 is 9.46 Å². The number of sulfonamides is 1. The van der Waals surface area contributed by atoms with Gasteiger partial charge in [-0.2, -0.15) is 0 Å². The van der Waals surface area contributed by atoms with E-state index in [0.717, 1.165) is 23.4 Å². The van der Waals surface area contributed by atoms with Crippen LogP contribution in [0.3, 0.4) is 0 Å². The lowest BCUT2D eigenvalue weighted by Crippen LogP contribution is -2.45. The smallest absolute Gasteiger partial charge is 0.223 e. The Labute approximate surface area is 194 Å². The molecule has 1 fully saturated rings. The second-order valence-electron chi connectivity index (χ2n) is 8.67. The molecule has 10 nitrogen and oxygen atoms in total. The van der Waals surface area contributed by atoms with Gasteiger partial charge in [0.1, 0.15) is 17.0 Å². The molecule has 2 aliphatic heterocycles. The molecule has 0 aliphatic carbocycles. The van der Waals surface area contributed by atoms with Crippen LogP contribution in [-0.2, 0) is 45.7 Å². The van der Waals surface area contributed by atoms with Crippen molar-refractivity contribution in [2.24, 2.45) is 0 Å². The fourth-order valence-corrected chi connectivity index (χ4v) is 5.39. The highest BCUT2D eigenvalue weighted by molar-refractivity contribution is 7.89. The largest absolute Gasteiger partial charge is 0.497 e. The van der Waals surface area contributed by atoms with Crippen molar-refractivity contribution < 1.29 is 22.7 Å². The summed E-state index contributed by atoms with van der Waals surface area (Å²) >= 11 is 0. The van der Waals surface area contributed by atoms with Crippen LogP contribution in [0.5, 0.6) is 5.75 Å². The van der Waals surface area contributed by atoms with Gasteiger partial charge in [-0.3, -0.25) is 4.79 Å². The minimum atomic E-state index is -3.32. The summed E-state index contributed by atoms with van der Waals surface area (Å²) < 4.78 is 39.6. The third-order valence-corrected chi connectivity index (χ3v) is 7.79. The van der Waals surface area contributed by atoms with Crippen molar-refractivity contribution in [1.82, 2.24) is 24.6 Å². The molecule has 2 aromatic rings. The number of aryl methyl sites for hydroxylation is 1. The molecule has 33 heavy (non-hydrogen) atoms. The standard InChI is InChI=1S/C22H31N5O5S/c1-3-12-33(29,30)23-13-19-20-14-32-22(16-27(20)25-24-19)10-11-26(15-22)21(28)9-6-17-4-7-18(31-2)8-5-17/h4-5,7-8,23H,3,6,9-16H2,1-2H3. The van der Waals surface area contributed by atoms with E-state index >= 15 is 0 Å². The van der Waals surface area contributed by atoms with Crippen LogP contribution in [-0.4, -0.2) is 65.8 Å². The first-order chi connectivity index (χ1) is 15.8. The van der Waals surface area contributed by atoms with E-state index in [1.54, 1.807) is 11.8 Å². The van der Waals surface area contributed by atoms with Gasteiger partial charge < -0.3 is 14.4 Å². The number of likely N-dealkylation sites (tertiary alicyclic amines) is 1. The molecule has 11 heteroatoms. The number of carbonyl (C=O) groups excluding carboxylic acids is 1. The normalized spacial score (nSPS) is 20.2. The molecule has 3 heterocycles. The van der Waals surface area contributed by atoms with Crippen LogP contribution in [0.2, 0.25) is 0 Å². The summed E-state index contributed by atoms with van der Waals surface area (Å²) in [5.74, 6) is 0.995. The number of ether oxygens (including phenoxy) is 2. The monoisotopic (exact) mass is 477 g/mol. The Morgan fingerprint density at radius 1 is 1.27 bits per heavy atom. The average Bonchev–Trinajstić information content (AvgIpc) is 3.40. The lowest BCUT2D eigenvalue weighted by atomic mass is 10.0. The lowest BCUT2D eigenvalue weighted by Gasteiger charge is -2.34. The minimum Gasteiger partial charge on any atom is -0.497 e. The fourth-order valence-electron chi connectivity index (χ4n) is 4.36. The topological polar surface area (TPSA) is 116 Å². The number of fused-ring (bicyclic) bond motifs is 1. The number of nitrogens with zero attached hydrogens (tertiary/aromatic N) is 4. The highest BCUT2D eigenvalue weighted by atomic mass is 32.2. The molecule has 1 unspecified atom stereocenters. The van der Waals surface area contributed by atoms with Crippen molar-refractivity contribution in [3.63, 3.8) is 0 Å². The number of hydrogen-bond donors (Lipinski definition) is 1. The molecule has 4 rings (SSSR count). The molecule has 1 amide bonds. The lowest BCUT2D eigenvalue weighted by molar-refractivity contribution is -0.133. The van der Waals surface area contributed by atoms with E-state index in [1.807, 2.05) is 36.1 Å². The van der Waals surface area contributed by atoms with Crippen molar-refractivity contribution in [2.45, 2.75) is 57.9 Å². The number of amides is 1. The van der Waals surface area contributed by atoms with Crippen LogP contribution in [0, 0.1) is 0 Å². The first-order valence-electron chi connectivity index (χ1n) is 11.3. The molecule has 1 aromatic heterocycles. The molecule has 1 N–H and O–H groups in total. The quantitative estimate of drug-likeness (QED) is 0.578. The van der Waals surface area contributed by atoms with Gasteiger partial charge in [0.25, 0.3) is 0 Å². The second-order valence-corrected chi connectivity index (χ2v) is 10.6. The molecule has 0 saturated carbocycles. The van der Waals surface area contributed by atoms with Gasteiger partial charge in [0.15, 0.2) is 0 Å². The van der Waals surface area contributed by atoms with E-state index in [0.29, 0.717) is 51.2 Å². The first-order valence-corrected chi connectivity index (χ1v) is 12.9. The van der Waals surface area contributed by atoms with E-state index in [4.69, 9.17) is 9.47 Å². The molecule has 1 atom stereocenters. The maximum absolute atomic E-state index is 12.8. The highest BCUT2D eigenvalue weighted by Crippen LogP contribution is 2.33. The molecular weight excluding hydrogens is 446 g/mol. The summed E-state index contributed by atoms with van der Waals surface area (Å²) in [6.07, 6.45) is 2.41.